The first-order chi connectivity index (χ1) is 9.58. The van der Waals surface area contributed by atoms with Crippen LogP contribution in [0.15, 0.2) is 10.7 Å². The molecule has 110 valence electrons. The Morgan fingerprint density at radius 3 is 2.85 bits per heavy atom. The van der Waals surface area contributed by atoms with E-state index < -0.39 is 5.91 Å². The molecule has 0 radical (unpaired) electrons. The van der Waals surface area contributed by atoms with Crippen molar-refractivity contribution in [1.82, 2.24) is 15.2 Å². The topological polar surface area (TPSA) is 101 Å². The number of carbonyl (C=O) groups excluding carboxylic acids is 2. The minimum Gasteiger partial charge on any atom is -0.446 e. The first-order valence-electron chi connectivity index (χ1n) is 6.41. The molecule has 0 aromatic carbocycles. The van der Waals surface area contributed by atoms with E-state index in [-0.39, 0.29) is 30.1 Å². The lowest BCUT2D eigenvalue weighted by Crippen LogP contribution is -2.48. The predicted octanol–water partition coefficient (Wildman–Crippen LogP) is -0.173. The van der Waals surface area contributed by atoms with Gasteiger partial charge < -0.3 is 15.5 Å². The highest BCUT2D eigenvalue weighted by Crippen LogP contribution is 2.12. The number of thioether (sulfide) groups is 1. The summed E-state index contributed by atoms with van der Waals surface area (Å²) in [6.07, 6.45) is 1.19. The zero-order valence-corrected chi connectivity index (χ0v) is 12.1. The number of oxazole rings is 1. The number of nitrogens with zero attached hydrogens (tertiary/aromatic N) is 2. The Labute approximate surface area is 121 Å². The summed E-state index contributed by atoms with van der Waals surface area (Å²) in [6, 6.07) is -0.179. The number of aromatic nitrogens is 1. The Morgan fingerprint density at radius 1 is 1.55 bits per heavy atom. The van der Waals surface area contributed by atoms with E-state index >= 15 is 0 Å². The van der Waals surface area contributed by atoms with Crippen LogP contribution in [0.2, 0.25) is 0 Å². The summed E-state index contributed by atoms with van der Waals surface area (Å²) in [6.45, 7) is 3.88. The van der Waals surface area contributed by atoms with Gasteiger partial charge >= 0.3 is 0 Å². The fourth-order valence-corrected chi connectivity index (χ4v) is 2.88. The van der Waals surface area contributed by atoms with Crippen LogP contribution < -0.4 is 11.1 Å². The summed E-state index contributed by atoms with van der Waals surface area (Å²) in [5.74, 6) is 1.66. The number of hydrogen-bond donors (Lipinski definition) is 2. The van der Waals surface area contributed by atoms with Crippen LogP contribution in [0, 0.1) is 0 Å². The van der Waals surface area contributed by atoms with Crippen molar-refractivity contribution in [2.45, 2.75) is 19.5 Å². The highest BCUT2D eigenvalue weighted by Gasteiger charge is 2.23. The maximum atomic E-state index is 12.0. The van der Waals surface area contributed by atoms with Crippen LogP contribution >= 0.6 is 11.8 Å². The maximum Gasteiger partial charge on any atom is 0.270 e. The molecule has 0 aliphatic carbocycles. The molecule has 3 N–H and O–H groups in total. The predicted molar refractivity (Wildman–Crippen MR) is 75.2 cm³/mol. The molecule has 1 aliphatic heterocycles. The van der Waals surface area contributed by atoms with Gasteiger partial charge in [0.25, 0.3) is 5.91 Å². The van der Waals surface area contributed by atoms with Gasteiger partial charge in [-0.3, -0.25) is 14.5 Å². The van der Waals surface area contributed by atoms with E-state index in [0.29, 0.717) is 0 Å². The van der Waals surface area contributed by atoms with E-state index in [9.17, 15) is 9.59 Å². The summed E-state index contributed by atoms with van der Waals surface area (Å²) in [7, 11) is 0. The van der Waals surface area contributed by atoms with Crippen molar-refractivity contribution in [3.63, 3.8) is 0 Å². The monoisotopic (exact) mass is 298 g/mol. The average Bonchev–Trinajstić information content (AvgIpc) is 2.94. The zero-order chi connectivity index (χ0) is 14.5. The fourth-order valence-electron chi connectivity index (χ4n) is 1.95. The van der Waals surface area contributed by atoms with Crippen LogP contribution in [-0.2, 0) is 11.3 Å². The Kier molecular flexibility index (Phi) is 5.02. The van der Waals surface area contributed by atoms with Gasteiger partial charge in [0, 0.05) is 24.6 Å². The van der Waals surface area contributed by atoms with E-state index in [0.717, 1.165) is 24.6 Å². The first-order valence-corrected chi connectivity index (χ1v) is 7.57. The van der Waals surface area contributed by atoms with Crippen molar-refractivity contribution in [2.24, 2.45) is 5.73 Å². The summed E-state index contributed by atoms with van der Waals surface area (Å²) in [5, 5.41) is 2.75. The summed E-state index contributed by atoms with van der Waals surface area (Å²) in [4.78, 5) is 28.9. The Hall–Kier alpha value is -1.54. The normalized spacial score (nSPS) is 17.6. The molecule has 7 nitrogen and oxygen atoms in total. The second-order valence-electron chi connectivity index (χ2n) is 4.53. The number of amides is 2. The van der Waals surface area contributed by atoms with Gasteiger partial charge in [-0.2, -0.15) is 11.8 Å². The van der Waals surface area contributed by atoms with Crippen molar-refractivity contribution in [3.05, 3.63) is 17.8 Å². The first kappa shape index (κ1) is 14.9. The molecule has 0 spiro atoms. The molecule has 1 aromatic heterocycles. The number of nitrogens with two attached hydrogens (primary N) is 1. The molecule has 0 saturated carbocycles. The number of carbonyl (C=O) groups is 2. The number of rotatable bonds is 5. The molecule has 1 fully saturated rings. The van der Waals surface area contributed by atoms with Crippen LogP contribution in [0.4, 0.5) is 0 Å². The summed E-state index contributed by atoms with van der Waals surface area (Å²) >= 11 is 1.90. The zero-order valence-electron chi connectivity index (χ0n) is 11.3. The van der Waals surface area contributed by atoms with E-state index in [2.05, 4.69) is 15.2 Å². The van der Waals surface area contributed by atoms with Crippen LogP contribution in [0.5, 0.6) is 0 Å². The third-order valence-corrected chi connectivity index (χ3v) is 4.13. The number of primary amides is 1. The van der Waals surface area contributed by atoms with Gasteiger partial charge in [-0.25, -0.2) is 4.98 Å². The lowest BCUT2D eigenvalue weighted by atomic mass is 10.2. The Bertz CT molecular complexity index is 485. The van der Waals surface area contributed by atoms with Crippen molar-refractivity contribution in [3.8, 4) is 0 Å². The average molecular weight is 298 g/mol. The molecule has 1 unspecified atom stereocenters. The van der Waals surface area contributed by atoms with Gasteiger partial charge in [0.15, 0.2) is 5.69 Å². The number of hydrogen-bond acceptors (Lipinski definition) is 6. The maximum absolute atomic E-state index is 12.0. The Morgan fingerprint density at radius 2 is 2.25 bits per heavy atom. The van der Waals surface area contributed by atoms with E-state index in [1.807, 2.05) is 18.7 Å². The number of nitrogens with one attached hydrogen (secondary N) is 1. The molecule has 2 heterocycles. The molecule has 1 atom stereocenters. The molecule has 1 aromatic rings. The second-order valence-corrected chi connectivity index (χ2v) is 5.76. The van der Waals surface area contributed by atoms with Crippen LogP contribution in [-0.4, -0.2) is 52.3 Å². The minimum absolute atomic E-state index is 0.0651. The molecule has 0 bridgehead atoms. The van der Waals surface area contributed by atoms with Gasteiger partial charge in [0.1, 0.15) is 6.26 Å². The van der Waals surface area contributed by atoms with Gasteiger partial charge in [0.05, 0.1) is 12.6 Å². The quantitative estimate of drug-likeness (QED) is 0.782. The smallest absolute Gasteiger partial charge is 0.270 e. The summed E-state index contributed by atoms with van der Waals surface area (Å²) < 4.78 is 5.06. The van der Waals surface area contributed by atoms with Crippen molar-refractivity contribution in [2.75, 3.05) is 24.6 Å². The molecule has 8 heteroatoms. The lowest BCUT2D eigenvalue weighted by Gasteiger charge is -2.30. The molecule has 20 heavy (non-hydrogen) atoms. The Balaban J connectivity index is 1.82. The third kappa shape index (κ3) is 3.73. The lowest BCUT2D eigenvalue weighted by molar-refractivity contribution is -0.126. The van der Waals surface area contributed by atoms with Gasteiger partial charge in [-0.15, -0.1) is 0 Å². The molecule has 1 aliphatic rings. The van der Waals surface area contributed by atoms with Crippen molar-refractivity contribution < 1.29 is 14.0 Å². The standard InChI is InChI=1S/C12H18N4O3S/c1-8(16-2-4-20-5-3-16)12(18)14-6-10-15-9(7-19-10)11(13)17/h7-8H,2-6H2,1H3,(H2,13,17)(H,14,18). The molecular formula is C12H18N4O3S. The summed E-state index contributed by atoms with van der Waals surface area (Å²) in [5.41, 5.74) is 5.14. The second kappa shape index (κ2) is 6.76. The van der Waals surface area contributed by atoms with Crippen LogP contribution in [0.3, 0.4) is 0 Å². The fraction of sp³-hybridized carbons (Fsp3) is 0.583. The highest BCUT2D eigenvalue weighted by molar-refractivity contribution is 7.99. The molecule has 1 saturated heterocycles. The van der Waals surface area contributed by atoms with E-state index in [1.54, 1.807) is 0 Å². The van der Waals surface area contributed by atoms with E-state index in [4.69, 9.17) is 10.2 Å². The van der Waals surface area contributed by atoms with E-state index in [1.165, 1.54) is 6.26 Å². The highest BCUT2D eigenvalue weighted by atomic mass is 32.2. The van der Waals surface area contributed by atoms with Gasteiger partial charge in [-0.1, -0.05) is 0 Å². The molecular weight excluding hydrogens is 280 g/mol. The minimum atomic E-state index is -0.648. The van der Waals surface area contributed by atoms with Crippen molar-refractivity contribution >= 4 is 23.6 Å². The van der Waals surface area contributed by atoms with Crippen molar-refractivity contribution in [1.29, 1.82) is 0 Å². The largest absolute Gasteiger partial charge is 0.446 e. The third-order valence-electron chi connectivity index (χ3n) is 3.19. The van der Waals surface area contributed by atoms with Gasteiger partial charge in [-0.05, 0) is 6.92 Å². The van der Waals surface area contributed by atoms with Crippen LogP contribution in [0.1, 0.15) is 23.3 Å². The van der Waals surface area contributed by atoms with Gasteiger partial charge in [0.2, 0.25) is 11.8 Å². The molecule has 2 amide bonds. The molecule has 2 rings (SSSR count). The van der Waals surface area contributed by atoms with Crippen LogP contribution in [0.25, 0.3) is 0 Å². The SMILES string of the molecule is CC(C(=O)NCc1nc(C(N)=O)co1)N1CCSCC1.